The first-order chi connectivity index (χ1) is 17.4. The van der Waals surface area contributed by atoms with Crippen LogP contribution in [-0.4, -0.2) is 82.4 Å². The first-order valence-corrected chi connectivity index (χ1v) is 15.7. The lowest BCUT2D eigenvalue weighted by Gasteiger charge is -2.36. The molecule has 36 heavy (non-hydrogen) atoms. The van der Waals surface area contributed by atoms with E-state index in [-0.39, 0.29) is 16.4 Å². The molecule has 0 aliphatic carbocycles. The standard InChI is InChI=1S/C28H61NO5P2/c1-5-30-20-9-14-27(35,15-10-21-31-6-2)18-13-26(34-24-19-29)25-28(36,16-11-22-32-7-3)17-12-23-33-8-4/h26H,5-25,29,35-36H2,1-4H3. The quantitative estimate of drug-likeness (QED) is 0.0947. The van der Waals surface area contributed by atoms with Gasteiger partial charge in [-0.3, -0.25) is 0 Å². The van der Waals surface area contributed by atoms with Gasteiger partial charge < -0.3 is 29.4 Å². The molecule has 0 rings (SSSR count). The zero-order chi connectivity index (χ0) is 27.0. The molecule has 6 nitrogen and oxygen atoms in total. The van der Waals surface area contributed by atoms with E-state index in [9.17, 15) is 0 Å². The van der Waals surface area contributed by atoms with Gasteiger partial charge in [-0.25, -0.2) is 0 Å². The van der Waals surface area contributed by atoms with Crippen LogP contribution in [0, 0.1) is 0 Å². The van der Waals surface area contributed by atoms with Gasteiger partial charge in [0.05, 0.1) is 12.7 Å². The van der Waals surface area contributed by atoms with Crippen LogP contribution < -0.4 is 5.73 Å². The van der Waals surface area contributed by atoms with Crippen molar-refractivity contribution in [2.75, 3.05) is 66.0 Å². The van der Waals surface area contributed by atoms with Crippen molar-refractivity contribution < 1.29 is 23.7 Å². The average molecular weight is 554 g/mol. The third kappa shape index (κ3) is 20.6. The van der Waals surface area contributed by atoms with E-state index < -0.39 is 0 Å². The summed E-state index contributed by atoms with van der Waals surface area (Å²) in [6, 6.07) is 0. The van der Waals surface area contributed by atoms with Gasteiger partial charge in [0, 0.05) is 59.4 Å². The molecule has 3 unspecified atom stereocenters. The molecule has 0 saturated carbocycles. The SMILES string of the molecule is CCOCCCC(P)(CCCOCC)CCC(CC(P)(CCCOCC)CCCOCC)OCCN. The fourth-order valence-electron chi connectivity index (χ4n) is 4.77. The Morgan fingerprint density at radius 1 is 0.583 bits per heavy atom. The van der Waals surface area contributed by atoms with Gasteiger partial charge in [0.2, 0.25) is 0 Å². The van der Waals surface area contributed by atoms with Crippen LogP contribution in [0.1, 0.15) is 98.3 Å². The van der Waals surface area contributed by atoms with Gasteiger partial charge in [0.15, 0.2) is 0 Å². The summed E-state index contributed by atoms with van der Waals surface area (Å²) in [6.45, 7) is 15.8. The van der Waals surface area contributed by atoms with Gasteiger partial charge in [0.1, 0.15) is 0 Å². The Kier molecular flexibility index (Phi) is 25.1. The van der Waals surface area contributed by atoms with E-state index >= 15 is 0 Å². The molecule has 0 saturated heterocycles. The fourth-order valence-corrected chi connectivity index (χ4v) is 6.01. The lowest BCUT2D eigenvalue weighted by atomic mass is 9.85. The molecule has 218 valence electrons. The minimum atomic E-state index is 0.126. The molecule has 0 aliphatic rings. The molecule has 0 aromatic heterocycles. The van der Waals surface area contributed by atoms with Crippen molar-refractivity contribution in [3.8, 4) is 0 Å². The van der Waals surface area contributed by atoms with E-state index in [4.69, 9.17) is 29.4 Å². The summed E-state index contributed by atoms with van der Waals surface area (Å²) in [6.07, 6.45) is 12.2. The third-order valence-corrected chi connectivity index (χ3v) is 8.42. The molecule has 0 aliphatic heterocycles. The highest BCUT2D eigenvalue weighted by atomic mass is 31.0. The molecule has 0 aromatic rings. The summed E-state index contributed by atoms with van der Waals surface area (Å²) in [5.41, 5.74) is 5.84. The number of rotatable bonds is 28. The largest absolute Gasteiger partial charge is 0.382 e. The van der Waals surface area contributed by atoms with Crippen molar-refractivity contribution in [3.63, 3.8) is 0 Å². The normalized spacial score (nSPS) is 13.4. The first-order valence-electron chi connectivity index (χ1n) is 14.6. The molecule has 0 spiro atoms. The van der Waals surface area contributed by atoms with E-state index in [2.05, 4.69) is 46.2 Å². The number of ether oxygens (including phenoxy) is 5. The second kappa shape index (κ2) is 24.6. The van der Waals surface area contributed by atoms with Crippen molar-refractivity contribution in [2.45, 2.75) is 115 Å². The van der Waals surface area contributed by atoms with E-state index in [1.54, 1.807) is 0 Å². The van der Waals surface area contributed by atoms with Gasteiger partial charge in [0.25, 0.3) is 0 Å². The second-order valence-electron chi connectivity index (χ2n) is 9.95. The zero-order valence-corrected chi connectivity index (χ0v) is 26.5. The highest BCUT2D eigenvalue weighted by molar-refractivity contribution is 7.19. The summed E-state index contributed by atoms with van der Waals surface area (Å²) >= 11 is 0. The van der Waals surface area contributed by atoms with E-state index in [1.807, 2.05) is 0 Å². The smallest absolute Gasteiger partial charge is 0.0592 e. The second-order valence-corrected chi connectivity index (χ2v) is 12.4. The minimum Gasteiger partial charge on any atom is -0.382 e. The van der Waals surface area contributed by atoms with Crippen molar-refractivity contribution in [1.82, 2.24) is 0 Å². The fraction of sp³-hybridized carbons (Fsp3) is 1.00. The predicted molar refractivity (Wildman–Crippen MR) is 160 cm³/mol. The Balaban J connectivity index is 5.22. The average Bonchev–Trinajstić information content (AvgIpc) is 2.87. The van der Waals surface area contributed by atoms with Crippen LogP contribution in [0.2, 0.25) is 0 Å². The molecule has 2 N–H and O–H groups in total. The van der Waals surface area contributed by atoms with Crippen LogP contribution in [0.4, 0.5) is 0 Å². The van der Waals surface area contributed by atoms with Crippen LogP contribution in [0.3, 0.4) is 0 Å². The molecule has 0 aromatic carbocycles. The Bertz CT molecular complexity index is 449. The molecule has 0 fully saturated rings. The molecule has 0 amide bonds. The summed E-state index contributed by atoms with van der Waals surface area (Å²) in [5.74, 6) is 0. The Morgan fingerprint density at radius 3 is 1.33 bits per heavy atom. The maximum Gasteiger partial charge on any atom is 0.0592 e. The van der Waals surface area contributed by atoms with Crippen LogP contribution in [0.25, 0.3) is 0 Å². The molecule has 0 bridgehead atoms. The van der Waals surface area contributed by atoms with Crippen molar-refractivity contribution in [2.24, 2.45) is 5.73 Å². The lowest BCUT2D eigenvalue weighted by molar-refractivity contribution is 0.0310. The highest BCUT2D eigenvalue weighted by Crippen LogP contribution is 2.40. The van der Waals surface area contributed by atoms with E-state index in [1.165, 1.54) is 0 Å². The van der Waals surface area contributed by atoms with Gasteiger partial charge in [-0.05, 0) is 109 Å². The van der Waals surface area contributed by atoms with Gasteiger partial charge in [-0.2, -0.15) is 0 Å². The molecular formula is C28H61NO5P2. The maximum absolute atomic E-state index is 6.36. The summed E-state index contributed by atoms with van der Waals surface area (Å²) in [7, 11) is 6.41. The summed E-state index contributed by atoms with van der Waals surface area (Å²) < 4.78 is 28.9. The number of nitrogens with two attached hydrogens (primary N) is 1. The molecule has 3 atom stereocenters. The highest BCUT2D eigenvalue weighted by Gasteiger charge is 2.31. The van der Waals surface area contributed by atoms with Crippen LogP contribution >= 0.6 is 18.5 Å². The predicted octanol–water partition coefficient (Wildman–Crippen LogP) is 6.00. The van der Waals surface area contributed by atoms with Crippen molar-refractivity contribution >= 4 is 18.5 Å². The van der Waals surface area contributed by atoms with Gasteiger partial charge in [-0.15, -0.1) is 18.5 Å². The zero-order valence-electron chi connectivity index (χ0n) is 24.2. The van der Waals surface area contributed by atoms with Crippen molar-refractivity contribution in [3.05, 3.63) is 0 Å². The van der Waals surface area contributed by atoms with Crippen LogP contribution in [-0.2, 0) is 23.7 Å². The first kappa shape index (κ1) is 36.6. The van der Waals surface area contributed by atoms with Crippen molar-refractivity contribution in [1.29, 1.82) is 0 Å². The molecule has 0 heterocycles. The third-order valence-electron chi connectivity index (χ3n) is 6.74. The molecule has 0 radical (unpaired) electrons. The Labute approximate surface area is 228 Å². The Morgan fingerprint density at radius 2 is 0.972 bits per heavy atom. The topological polar surface area (TPSA) is 72.2 Å². The number of hydrogen-bond donors (Lipinski definition) is 1. The van der Waals surface area contributed by atoms with E-state index in [0.717, 1.165) is 123 Å². The summed E-state index contributed by atoms with van der Waals surface area (Å²) in [4.78, 5) is 0. The molecular weight excluding hydrogens is 492 g/mol. The van der Waals surface area contributed by atoms with Crippen LogP contribution in [0.5, 0.6) is 0 Å². The minimum absolute atomic E-state index is 0.126. The Hall–Kier alpha value is 0.620. The van der Waals surface area contributed by atoms with Crippen LogP contribution in [0.15, 0.2) is 0 Å². The van der Waals surface area contributed by atoms with Gasteiger partial charge in [-0.1, -0.05) is 0 Å². The van der Waals surface area contributed by atoms with E-state index in [0.29, 0.717) is 13.2 Å². The molecule has 8 heteroatoms. The van der Waals surface area contributed by atoms with Gasteiger partial charge >= 0.3 is 0 Å². The summed E-state index contributed by atoms with van der Waals surface area (Å²) in [5, 5.41) is 0.312. The maximum atomic E-state index is 6.36. The number of hydrogen-bond acceptors (Lipinski definition) is 6. The monoisotopic (exact) mass is 553 g/mol. The lowest BCUT2D eigenvalue weighted by Crippen LogP contribution is -2.33.